The Morgan fingerprint density at radius 2 is 2.15 bits per heavy atom. The van der Waals surface area contributed by atoms with E-state index in [1.54, 1.807) is 12.2 Å². The normalized spacial score (nSPS) is 10.4. The van der Waals surface area contributed by atoms with E-state index in [0.29, 0.717) is 5.92 Å². The second-order valence-corrected chi connectivity index (χ2v) is 3.25. The Morgan fingerprint density at radius 3 is 2.54 bits per heavy atom. The van der Waals surface area contributed by atoms with E-state index in [1.807, 2.05) is 11.1 Å². The lowest BCUT2D eigenvalue weighted by Crippen LogP contribution is -2.20. The van der Waals surface area contributed by atoms with E-state index in [1.165, 1.54) is 6.21 Å². The van der Waals surface area contributed by atoms with Gasteiger partial charge in [0.05, 0.1) is 0 Å². The highest BCUT2D eigenvalue weighted by Gasteiger charge is 2.02. The largest absolute Gasteiger partial charge is 0.348 e. The number of hydrogen-bond donors (Lipinski definition) is 1. The number of nitrogens with one attached hydrogen (secondary N) is 1. The summed E-state index contributed by atoms with van der Waals surface area (Å²) in [7, 11) is 0. The van der Waals surface area contributed by atoms with Crippen molar-refractivity contribution < 1.29 is 0 Å². The molecule has 0 atom stereocenters. The molecular formula is C11H18N2. The first-order chi connectivity index (χ1) is 6.11. The quantitative estimate of drug-likeness (QED) is 0.491. The molecule has 0 amide bonds. The van der Waals surface area contributed by atoms with Crippen molar-refractivity contribution in [1.82, 2.24) is 4.90 Å². The Hall–Kier alpha value is -1.31. The number of hydrogen-bond acceptors (Lipinski definition) is 2. The SMILES string of the molecule is C=CC(=C)N(/C=C\C=N)CC(C)C. The van der Waals surface area contributed by atoms with Crippen LogP contribution in [0.2, 0.25) is 0 Å². The molecule has 2 heteroatoms. The fourth-order valence-corrected chi connectivity index (χ4v) is 0.931. The van der Waals surface area contributed by atoms with Crippen LogP contribution in [0.25, 0.3) is 0 Å². The summed E-state index contributed by atoms with van der Waals surface area (Å²) < 4.78 is 0. The number of rotatable bonds is 6. The monoisotopic (exact) mass is 178 g/mol. The molecule has 0 spiro atoms. The molecule has 13 heavy (non-hydrogen) atoms. The maximum atomic E-state index is 6.88. The van der Waals surface area contributed by atoms with Gasteiger partial charge in [-0.25, -0.2) is 0 Å². The van der Waals surface area contributed by atoms with Crippen molar-refractivity contribution in [2.75, 3.05) is 6.54 Å². The van der Waals surface area contributed by atoms with Crippen LogP contribution in [0.1, 0.15) is 13.8 Å². The first-order valence-corrected chi connectivity index (χ1v) is 4.37. The van der Waals surface area contributed by atoms with Gasteiger partial charge in [-0.2, -0.15) is 0 Å². The van der Waals surface area contributed by atoms with Crippen LogP contribution >= 0.6 is 0 Å². The van der Waals surface area contributed by atoms with Crippen LogP contribution in [0, 0.1) is 11.3 Å². The average Bonchev–Trinajstić information content (AvgIpc) is 2.10. The predicted molar refractivity (Wildman–Crippen MR) is 58.8 cm³/mol. The lowest BCUT2D eigenvalue weighted by Gasteiger charge is -2.22. The van der Waals surface area contributed by atoms with Gasteiger partial charge in [0, 0.05) is 24.7 Å². The zero-order chi connectivity index (χ0) is 10.3. The van der Waals surface area contributed by atoms with E-state index < -0.39 is 0 Å². The van der Waals surface area contributed by atoms with Crippen LogP contribution in [0.15, 0.2) is 37.2 Å². The summed E-state index contributed by atoms with van der Waals surface area (Å²) in [6.07, 6.45) is 6.49. The van der Waals surface area contributed by atoms with E-state index in [-0.39, 0.29) is 0 Å². The van der Waals surface area contributed by atoms with E-state index in [0.717, 1.165) is 12.2 Å². The van der Waals surface area contributed by atoms with E-state index in [2.05, 4.69) is 27.0 Å². The molecule has 0 aromatic carbocycles. The van der Waals surface area contributed by atoms with Crippen molar-refractivity contribution in [3.63, 3.8) is 0 Å². The van der Waals surface area contributed by atoms with Crippen molar-refractivity contribution in [2.24, 2.45) is 5.92 Å². The molecule has 0 saturated carbocycles. The molecule has 0 aliphatic carbocycles. The molecule has 0 aromatic heterocycles. The van der Waals surface area contributed by atoms with Gasteiger partial charge in [0.2, 0.25) is 0 Å². The first-order valence-electron chi connectivity index (χ1n) is 4.37. The Bertz CT molecular complexity index is 214. The van der Waals surface area contributed by atoms with Crippen molar-refractivity contribution >= 4 is 6.21 Å². The lowest BCUT2D eigenvalue weighted by molar-refractivity contribution is 0.408. The summed E-state index contributed by atoms with van der Waals surface area (Å²) in [6, 6.07) is 0. The minimum atomic E-state index is 0.562. The fraction of sp³-hybridized carbons (Fsp3) is 0.364. The summed E-state index contributed by atoms with van der Waals surface area (Å²) in [5, 5.41) is 6.88. The Labute approximate surface area is 80.8 Å². The molecular weight excluding hydrogens is 160 g/mol. The second-order valence-electron chi connectivity index (χ2n) is 3.25. The highest BCUT2D eigenvalue weighted by atomic mass is 15.1. The smallest absolute Gasteiger partial charge is 0.0327 e. The van der Waals surface area contributed by atoms with Crippen LogP contribution in [0.4, 0.5) is 0 Å². The third kappa shape index (κ3) is 5.01. The third-order valence-electron chi connectivity index (χ3n) is 1.53. The maximum Gasteiger partial charge on any atom is 0.0327 e. The Balaban J connectivity index is 4.34. The van der Waals surface area contributed by atoms with Crippen molar-refractivity contribution in [3.8, 4) is 0 Å². The van der Waals surface area contributed by atoms with Gasteiger partial charge in [0.25, 0.3) is 0 Å². The number of nitrogens with zero attached hydrogens (tertiary/aromatic N) is 1. The molecule has 0 unspecified atom stereocenters. The molecule has 0 fully saturated rings. The average molecular weight is 178 g/mol. The number of allylic oxidation sites excluding steroid dienone is 2. The molecule has 0 aliphatic heterocycles. The first kappa shape index (κ1) is 11.7. The highest BCUT2D eigenvalue weighted by Crippen LogP contribution is 2.07. The summed E-state index contributed by atoms with van der Waals surface area (Å²) in [5.74, 6) is 0.562. The second kappa shape index (κ2) is 6.23. The molecule has 0 bridgehead atoms. The minimum absolute atomic E-state index is 0.562. The Morgan fingerprint density at radius 1 is 1.54 bits per heavy atom. The summed E-state index contributed by atoms with van der Waals surface area (Å²) in [6.45, 7) is 12.7. The zero-order valence-electron chi connectivity index (χ0n) is 8.46. The highest BCUT2D eigenvalue weighted by molar-refractivity contribution is 5.67. The topological polar surface area (TPSA) is 27.1 Å². The molecule has 0 heterocycles. The molecule has 0 aliphatic rings. The standard InChI is InChI=1S/C11H18N2/c1-5-11(4)13(8-6-7-12)9-10(2)3/h5-8,10,12H,1,4,9H2,2-3H3/b8-6-,12-7?. The molecule has 0 rings (SSSR count). The van der Waals surface area contributed by atoms with Gasteiger partial charge >= 0.3 is 0 Å². The van der Waals surface area contributed by atoms with Crippen LogP contribution in [-0.4, -0.2) is 17.7 Å². The van der Waals surface area contributed by atoms with E-state index >= 15 is 0 Å². The molecule has 1 N–H and O–H groups in total. The molecule has 0 radical (unpaired) electrons. The van der Waals surface area contributed by atoms with E-state index in [4.69, 9.17) is 5.41 Å². The predicted octanol–water partition coefficient (Wildman–Crippen LogP) is 2.81. The lowest BCUT2D eigenvalue weighted by atomic mass is 10.2. The van der Waals surface area contributed by atoms with Crippen molar-refractivity contribution in [3.05, 3.63) is 37.2 Å². The van der Waals surface area contributed by atoms with Gasteiger partial charge in [-0.05, 0) is 18.1 Å². The van der Waals surface area contributed by atoms with Gasteiger partial charge in [-0.15, -0.1) is 0 Å². The van der Waals surface area contributed by atoms with Crippen LogP contribution in [0.5, 0.6) is 0 Å². The summed E-state index contributed by atoms with van der Waals surface area (Å²) in [4.78, 5) is 1.99. The molecule has 0 aromatic rings. The molecule has 0 saturated heterocycles. The van der Waals surface area contributed by atoms with Crippen molar-refractivity contribution in [1.29, 1.82) is 5.41 Å². The summed E-state index contributed by atoms with van der Waals surface area (Å²) in [5.41, 5.74) is 0.867. The minimum Gasteiger partial charge on any atom is -0.348 e. The van der Waals surface area contributed by atoms with Gasteiger partial charge in [0.15, 0.2) is 0 Å². The van der Waals surface area contributed by atoms with Gasteiger partial charge < -0.3 is 10.3 Å². The van der Waals surface area contributed by atoms with Crippen LogP contribution < -0.4 is 0 Å². The fourth-order valence-electron chi connectivity index (χ4n) is 0.931. The van der Waals surface area contributed by atoms with E-state index in [9.17, 15) is 0 Å². The summed E-state index contributed by atoms with van der Waals surface area (Å²) >= 11 is 0. The van der Waals surface area contributed by atoms with Gasteiger partial charge in [0.1, 0.15) is 0 Å². The maximum absolute atomic E-state index is 6.88. The zero-order valence-corrected chi connectivity index (χ0v) is 8.46. The van der Waals surface area contributed by atoms with Crippen LogP contribution in [0.3, 0.4) is 0 Å². The molecule has 2 nitrogen and oxygen atoms in total. The van der Waals surface area contributed by atoms with Crippen LogP contribution in [-0.2, 0) is 0 Å². The molecule has 72 valence electrons. The van der Waals surface area contributed by atoms with Gasteiger partial charge in [-0.3, -0.25) is 0 Å². The third-order valence-corrected chi connectivity index (χ3v) is 1.53. The Kier molecular flexibility index (Phi) is 5.60. The van der Waals surface area contributed by atoms with Gasteiger partial charge in [-0.1, -0.05) is 27.0 Å². The van der Waals surface area contributed by atoms with Crippen molar-refractivity contribution in [2.45, 2.75) is 13.8 Å².